The van der Waals surface area contributed by atoms with Gasteiger partial charge in [0.1, 0.15) is 17.9 Å². The number of carbonyl (C=O) groups is 2. The number of para-hydroxylation sites is 1. The molecular weight excluding hydrogens is 344 g/mol. The summed E-state index contributed by atoms with van der Waals surface area (Å²) in [6.07, 6.45) is 4.18. The number of methoxy groups -OCH3 is 1. The van der Waals surface area contributed by atoms with Gasteiger partial charge in [-0.1, -0.05) is 29.8 Å². The molecule has 5 aliphatic rings. The van der Waals surface area contributed by atoms with Crippen LogP contribution in [0.3, 0.4) is 0 Å². The Labute approximate surface area is 157 Å². The standard InChI is InChI=1S/C21H22N2O4/c1-3-12-10-23-16-8-14(12)19(11-24,18(25)26-2)20-9-17(23)27-21(16,20)22-15-7-5-4-6-13(15)20/h3-7,11,14,16-17,22H,8-10H2,1-2H3/b12-3-/t14-,16+,17+,19?,20+,21+/m1/s1. The summed E-state index contributed by atoms with van der Waals surface area (Å²) in [6, 6.07) is 8.15. The zero-order valence-electron chi connectivity index (χ0n) is 15.4. The lowest BCUT2D eigenvalue weighted by atomic mass is 9.42. The van der Waals surface area contributed by atoms with Gasteiger partial charge in [0.2, 0.25) is 0 Å². The van der Waals surface area contributed by atoms with E-state index in [2.05, 4.69) is 16.3 Å². The summed E-state index contributed by atoms with van der Waals surface area (Å²) < 4.78 is 11.9. The van der Waals surface area contributed by atoms with Crippen LogP contribution >= 0.6 is 0 Å². The van der Waals surface area contributed by atoms with Crippen molar-refractivity contribution in [2.75, 3.05) is 19.0 Å². The fourth-order valence-electron chi connectivity index (χ4n) is 7.14. The average Bonchev–Trinajstić information content (AvgIpc) is 3.30. The van der Waals surface area contributed by atoms with Gasteiger partial charge in [0.25, 0.3) is 0 Å². The molecule has 1 spiro atoms. The molecule has 4 aliphatic heterocycles. The van der Waals surface area contributed by atoms with Gasteiger partial charge in [0.15, 0.2) is 5.72 Å². The normalized spacial score (nSPS) is 46.9. The molecule has 3 saturated heterocycles. The molecule has 4 fully saturated rings. The van der Waals surface area contributed by atoms with Gasteiger partial charge in [-0.2, -0.15) is 0 Å². The Morgan fingerprint density at radius 2 is 2.22 bits per heavy atom. The third kappa shape index (κ3) is 1.32. The van der Waals surface area contributed by atoms with E-state index in [-0.39, 0.29) is 18.2 Å². The molecule has 1 aromatic carbocycles. The number of fused-ring (bicyclic) bond motifs is 4. The maximum Gasteiger partial charge on any atom is 0.320 e. The summed E-state index contributed by atoms with van der Waals surface area (Å²) in [4.78, 5) is 28.7. The number of anilines is 1. The van der Waals surface area contributed by atoms with Crippen LogP contribution in [0.5, 0.6) is 0 Å². The number of allylic oxidation sites excluding steroid dienone is 1. The van der Waals surface area contributed by atoms with E-state index >= 15 is 0 Å². The summed E-state index contributed by atoms with van der Waals surface area (Å²) in [7, 11) is 1.38. The average molecular weight is 366 g/mol. The molecule has 140 valence electrons. The van der Waals surface area contributed by atoms with E-state index in [1.54, 1.807) is 0 Å². The van der Waals surface area contributed by atoms with Crippen LogP contribution in [0.25, 0.3) is 0 Å². The fourth-order valence-corrected chi connectivity index (χ4v) is 7.14. The number of nitrogens with one attached hydrogen (secondary N) is 1. The molecule has 0 radical (unpaired) electrons. The second kappa shape index (κ2) is 4.62. The molecule has 1 unspecified atom stereocenters. The third-order valence-electron chi connectivity index (χ3n) is 7.99. The second-order valence-corrected chi connectivity index (χ2v) is 8.41. The SMILES string of the molecule is C/C=C1/CN2[C@@H]3C[C@@]45c6ccccc6N[C@]4(O3)[C@@H]2C[C@H]1C5(C=O)C(=O)OC. The molecule has 6 heteroatoms. The quantitative estimate of drug-likeness (QED) is 0.373. The molecule has 1 aliphatic carbocycles. The predicted octanol–water partition coefficient (Wildman–Crippen LogP) is 1.81. The second-order valence-electron chi connectivity index (χ2n) is 8.41. The number of ether oxygens (including phenoxy) is 2. The lowest BCUT2D eigenvalue weighted by molar-refractivity contribution is -0.182. The molecule has 27 heavy (non-hydrogen) atoms. The Bertz CT molecular complexity index is 929. The van der Waals surface area contributed by atoms with Crippen molar-refractivity contribution in [2.45, 2.75) is 43.2 Å². The number of benzene rings is 1. The van der Waals surface area contributed by atoms with Crippen LogP contribution in [0.2, 0.25) is 0 Å². The number of aldehydes is 1. The van der Waals surface area contributed by atoms with Gasteiger partial charge in [0, 0.05) is 24.6 Å². The largest absolute Gasteiger partial charge is 0.468 e. The summed E-state index contributed by atoms with van der Waals surface area (Å²) in [5.74, 6) is -0.611. The molecule has 6 rings (SSSR count). The van der Waals surface area contributed by atoms with Gasteiger partial charge in [-0.05, 0) is 25.0 Å². The zero-order chi connectivity index (χ0) is 18.6. The highest BCUT2D eigenvalue weighted by Gasteiger charge is 2.87. The van der Waals surface area contributed by atoms with Crippen molar-refractivity contribution < 1.29 is 19.1 Å². The van der Waals surface area contributed by atoms with Crippen LogP contribution in [-0.2, 0) is 24.5 Å². The smallest absolute Gasteiger partial charge is 0.320 e. The fraction of sp³-hybridized carbons (Fsp3) is 0.524. The number of rotatable bonds is 2. The maximum absolute atomic E-state index is 13.4. The Morgan fingerprint density at radius 1 is 1.41 bits per heavy atom. The molecule has 6 atom stereocenters. The van der Waals surface area contributed by atoms with Crippen molar-refractivity contribution in [3.05, 3.63) is 41.5 Å². The van der Waals surface area contributed by atoms with E-state index in [0.29, 0.717) is 12.8 Å². The summed E-state index contributed by atoms with van der Waals surface area (Å²) in [6.45, 7) is 2.73. The minimum absolute atomic E-state index is 0.101. The highest BCUT2D eigenvalue weighted by Crippen LogP contribution is 2.75. The third-order valence-corrected chi connectivity index (χ3v) is 7.99. The molecule has 0 amide bonds. The van der Waals surface area contributed by atoms with E-state index in [9.17, 15) is 9.59 Å². The first-order chi connectivity index (χ1) is 13.1. The lowest BCUT2D eigenvalue weighted by Crippen LogP contribution is -2.78. The van der Waals surface area contributed by atoms with Crippen LogP contribution in [0.4, 0.5) is 5.69 Å². The first-order valence-electron chi connectivity index (χ1n) is 9.60. The number of hydrogen-bond acceptors (Lipinski definition) is 6. The highest BCUT2D eigenvalue weighted by atomic mass is 16.6. The van der Waals surface area contributed by atoms with Gasteiger partial charge in [0.05, 0.1) is 18.6 Å². The van der Waals surface area contributed by atoms with Crippen molar-refractivity contribution in [3.63, 3.8) is 0 Å². The molecule has 0 aromatic heterocycles. The lowest BCUT2D eigenvalue weighted by Gasteiger charge is -2.63. The number of nitrogens with zero attached hydrogens (tertiary/aromatic N) is 1. The van der Waals surface area contributed by atoms with Crippen LogP contribution in [-0.4, -0.2) is 48.8 Å². The first-order valence-corrected chi connectivity index (χ1v) is 9.60. The first kappa shape index (κ1) is 15.8. The van der Waals surface area contributed by atoms with Crippen molar-refractivity contribution >= 4 is 17.9 Å². The van der Waals surface area contributed by atoms with Crippen molar-refractivity contribution in [3.8, 4) is 0 Å². The van der Waals surface area contributed by atoms with Crippen LogP contribution in [0.15, 0.2) is 35.9 Å². The van der Waals surface area contributed by atoms with Crippen LogP contribution in [0.1, 0.15) is 25.3 Å². The Morgan fingerprint density at radius 3 is 2.96 bits per heavy atom. The van der Waals surface area contributed by atoms with Crippen molar-refractivity contribution in [1.29, 1.82) is 0 Å². The maximum atomic E-state index is 13.4. The molecule has 1 saturated carbocycles. The van der Waals surface area contributed by atoms with E-state index in [0.717, 1.165) is 29.7 Å². The summed E-state index contributed by atoms with van der Waals surface area (Å²) in [5, 5.41) is 3.63. The van der Waals surface area contributed by atoms with Crippen molar-refractivity contribution in [1.82, 2.24) is 4.90 Å². The van der Waals surface area contributed by atoms with Gasteiger partial charge >= 0.3 is 5.97 Å². The molecule has 1 aromatic rings. The number of esters is 1. The monoisotopic (exact) mass is 366 g/mol. The van der Waals surface area contributed by atoms with Gasteiger partial charge in [-0.15, -0.1) is 0 Å². The van der Waals surface area contributed by atoms with Gasteiger partial charge < -0.3 is 19.6 Å². The van der Waals surface area contributed by atoms with E-state index in [1.165, 1.54) is 7.11 Å². The van der Waals surface area contributed by atoms with Gasteiger partial charge in [-0.25, -0.2) is 0 Å². The van der Waals surface area contributed by atoms with Gasteiger partial charge in [-0.3, -0.25) is 9.69 Å². The zero-order valence-corrected chi connectivity index (χ0v) is 15.4. The Kier molecular flexibility index (Phi) is 2.71. The van der Waals surface area contributed by atoms with E-state index in [4.69, 9.17) is 9.47 Å². The molecule has 4 bridgehead atoms. The Balaban J connectivity index is 1.75. The van der Waals surface area contributed by atoms with E-state index < -0.39 is 22.5 Å². The molecular formula is C21H22N2O4. The van der Waals surface area contributed by atoms with Crippen LogP contribution in [0, 0.1) is 11.3 Å². The summed E-state index contributed by atoms with van der Waals surface area (Å²) in [5.41, 5.74) is 0.303. The number of hydrogen-bond donors (Lipinski definition) is 1. The Hall–Kier alpha value is -2.18. The molecule has 4 heterocycles. The molecule has 1 N–H and O–H groups in total. The number of carbonyl (C=O) groups excluding carboxylic acids is 2. The summed E-state index contributed by atoms with van der Waals surface area (Å²) >= 11 is 0. The highest BCUT2D eigenvalue weighted by molar-refractivity contribution is 5.99. The predicted molar refractivity (Wildman–Crippen MR) is 96.8 cm³/mol. The van der Waals surface area contributed by atoms with Crippen LogP contribution < -0.4 is 5.32 Å². The van der Waals surface area contributed by atoms with E-state index in [1.807, 2.05) is 31.2 Å². The minimum atomic E-state index is -1.29. The molecule has 6 nitrogen and oxygen atoms in total. The number of piperidine rings is 2. The topological polar surface area (TPSA) is 67.9 Å². The minimum Gasteiger partial charge on any atom is -0.468 e. The van der Waals surface area contributed by atoms with Crippen molar-refractivity contribution in [2.24, 2.45) is 11.3 Å².